The monoisotopic (exact) mass is 295 g/mol. The molecule has 1 aliphatic carbocycles. The first-order valence-electron chi connectivity index (χ1n) is 7.50. The van der Waals surface area contributed by atoms with Crippen molar-refractivity contribution < 1.29 is 9.21 Å². The normalized spacial score (nSPS) is 14.4. The van der Waals surface area contributed by atoms with Gasteiger partial charge < -0.3 is 9.73 Å². The molecule has 112 valence electrons. The van der Waals surface area contributed by atoms with E-state index in [1.54, 1.807) is 6.07 Å². The Bertz CT molecular complexity index is 810. The van der Waals surface area contributed by atoms with E-state index in [1.807, 2.05) is 36.0 Å². The van der Waals surface area contributed by atoms with E-state index in [-0.39, 0.29) is 5.91 Å². The summed E-state index contributed by atoms with van der Waals surface area (Å²) in [5, 5.41) is 8.25. The van der Waals surface area contributed by atoms with Crippen LogP contribution in [0, 0.1) is 0 Å². The SMILES string of the molecule is Cn1nc(CNC(=O)c2cc3ccccc3o2)cc1C1CC1. The topological polar surface area (TPSA) is 60.1 Å². The lowest BCUT2D eigenvalue weighted by Gasteiger charge is -1.99. The second kappa shape index (κ2) is 5.02. The van der Waals surface area contributed by atoms with Gasteiger partial charge >= 0.3 is 0 Å². The molecule has 1 amide bonds. The van der Waals surface area contributed by atoms with Crippen LogP contribution in [0.5, 0.6) is 0 Å². The van der Waals surface area contributed by atoms with Crippen molar-refractivity contribution >= 4 is 16.9 Å². The van der Waals surface area contributed by atoms with E-state index in [0.717, 1.165) is 16.7 Å². The lowest BCUT2D eigenvalue weighted by atomic mass is 10.2. The van der Waals surface area contributed by atoms with Gasteiger partial charge in [0.15, 0.2) is 5.76 Å². The molecule has 2 aromatic heterocycles. The van der Waals surface area contributed by atoms with Crippen LogP contribution in [0.15, 0.2) is 40.8 Å². The molecule has 5 heteroatoms. The summed E-state index contributed by atoms with van der Waals surface area (Å²) in [6.45, 7) is 0.413. The maximum Gasteiger partial charge on any atom is 0.287 e. The van der Waals surface area contributed by atoms with Crippen molar-refractivity contribution in [2.24, 2.45) is 7.05 Å². The molecule has 4 rings (SSSR count). The van der Waals surface area contributed by atoms with Gasteiger partial charge in [0.2, 0.25) is 0 Å². The second-order valence-corrected chi connectivity index (χ2v) is 5.79. The summed E-state index contributed by atoms with van der Waals surface area (Å²) in [5.74, 6) is 0.770. The molecule has 0 spiro atoms. The van der Waals surface area contributed by atoms with E-state index in [1.165, 1.54) is 18.5 Å². The van der Waals surface area contributed by atoms with Crippen LogP contribution in [0.2, 0.25) is 0 Å². The Balaban J connectivity index is 1.46. The molecule has 3 aromatic rings. The first kappa shape index (κ1) is 13.1. The second-order valence-electron chi connectivity index (χ2n) is 5.79. The highest BCUT2D eigenvalue weighted by atomic mass is 16.3. The number of rotatable bonds is 4. The summed E-state index contributed by atoms with van der Waals surface area (Å²) < 4.78 is 7.47. The fourth-order valence-electron chi connectivity index (χ4n) is 2.74. The van der Waals surface area contributed by atoms with E-state index in [4.69, 9.17) is 4.42 Å². The smallest absolute Gasteiger partial charge is 0.287 e. The van der Waals surface area contributed by atoms with Crippen LogP contribution in [0.1, 0.15) is 40.7 Å². The Morgan fingerprint density at radius 1 is 1.36 bits per heavy atom. The van der Waals surface area contributed by atoms with Crippen LogP contribution >= 0.6 is 0 Å². The van der Waals surface area contributed by atoms with E-state index in [0.29, 0.717) is 18.2 Å². The van der Waals surface area contributed by atoms with E-state index >= 15 is 0 Å². The van der Waals surface area contributed by atoms with Crippen molar-refractivity contribution in [3.63, 3.8) is 0 Å². The highest BCUT2D eigenvalue weighted by Gasteiger charge is 2.27. The number of hydrogen-bond acceptors (Lipinski definition) is 3. The predicted octanol–water partition coefficient (Wildman–Crippen LogP) is 2.97. The van der Waals surface area contributed by atoms with Gasteiger partial charge in [-0.3, -0.25) is 9.48 Å². The predicted molar refractivity (Wildman–Crippen MR) is 82.6 cm³/mol. The minimum absolute atomic E-state index is 0.213. The number of nitrogens with zero attached hydrogens (tertiary/aromatic N) is 2. The molecule has 2 heterocycles. The number of amides is 1. The van der Waals surface area contributed by atoms with Gasteiger partial charge in [0.1, 0.15) is 5.58 Å². The Hall–Kier alpha value is -2.56. The van der Waals surface area contributed by atoms with Crippen molar-refractivity contribution in [1.29, 1.82) is 0 Å². The van der Waals surface area contributed by atoms with Crippen LogP contribution in [0.4, 0.5) is 0 Å². The lowest BCUT2D eigenvalue weighted by Crippen LogP contribution is -2.22. The number of benzene rings is 1. The molecule has 0 saturated heterocycles. The fourth-order valence-corrected chi connectivity index (χ4v) is 2.74. The van der Waals surface area contributed by atoms with Gasteiger partial charge in [0.05, 0.1) is 12.2 Å². The number of fused-ring (bicyclic) bond motifs is 1. The van der Waals surface area contributed by atoms with Gasteiger partial charge in [0.25, 0.3) is 5.91 Å². The van der Waals surface area contributed by atoms with Crippen LogP contribution in [-0.2, 0) is 13.6 Å². The van der Waals surface area contributed by atoms with Gasteiger partial charge in [-0.25, -0.2) is 0 Å². The van der Waals surface area contributed by atoms with Crippen LogP contribution < -0.4 is 5.32 Å². The zero-order valence-corrected chi connectivity index (χ0v) is 12.4. The maximum absolute atomic E-state index is 12.2. The summed E-state index contributed by atoms with van der Waals surface area (Å²) in [6, 6.07) is 11.4. The number of aromatic nitrogens is 2. The highest BCUT2D eigenvalue weighted by molar-refractivity contribution is 5.95. The number of carbonyl (C=O) groups excluding carboxylic acids is 1. The minimum Gasteiger partial charge on any atom is -0.451 e. The number of hydrogen-bond donors (Lipinski definition) is 1. The average molecular weight is 295 g/mol. The van der Waals surface area contributed by atoms with Gasteiger partial charge in [-0.2, -0.15) is 5.10 Å². The van der Waals surface area contributed by atoms with Crippen molar-refractivity contribution in [2.45, 2.75) is 25.3 Å². The van der Waals surface area contributed by atoms with Gasteiger partial charge in [-0.05, 0) is 31.0 Å². The van der Waals surface area contributed by atoms with Gasteiger partial charge in [-0.1, -0.05) is 18.2 Å². The minimum atomic E-state index is -0.213. The molecule has 1 aliphatic rings. The number of furan rings is 1. The molecule has 22 heavy (non-hydrogen) atoms. The molecule has 0 radical (unpaired) electrons. The third-order valence-corrected chi connectivity index (χ3v) is 4.04. The van der Waals surface area contributed by atoms with Gasteiger partial charge in [-0.15, -0.1) is 0 Å². The summed E-state index contributed by atoms with van der Waals surface area (Å²) in [5.41, 5.74) is 2.86. The van der Waals surface area contributed by atoms with Crippen LogP contribution in [0.25, 0.3) is 11.0 Å². The van der Waals surface area contributed by atoms with E-state index in [9.17, 15) is 4.79 Å². The molecule has 1 N–H and O–H groups in total. The standard InChI is InChI=1S/C17H17N3O2/c1-20-14(11-6-7-11)9-13(19-20)10-18-17(21)16-8-12-4-2-3-5-15(12)22-16/h2-5,8-9,11H,6-7,10H2,1H3,(H,18,21). The molecule has 0 unspecified atom stereocenters. The zero-order chi connectivity index (χ0) is 15.1. The van der Waals surface area contributed by atoms with Crippen molar-refractivity contribution in [2.75, 3.05) is 0 Å². The third-order valence-electron chi connectivity index (χ3n) is 4.04. The quantitative estimate of drug-likeness (QED) is 0.805. The fraction of sp³-hybridized carbons (Fsp3) is 0.294. The number of para-hydroxylation sites is 1. The summed E-state index contributed by atoms with van der Waals surface area (Å²) in [6.07, 6.45) is 2.48. The summed E-state index contributed by atoms with van der Waals surface area (Å²) >= 11 is 0. The molecule has 1 fully saturated rings. The average Bonchev–Trinajstić information content (AvgIpc) is 3.15. The van der Waals surface area contributed by atoms with Crippen LogP contribution in [-0.4, -0.2) is 15.7 Å². The Labute approximate surface area is 127 Å². The Kier molecular flexibility index (Phi) is 2.99. The first-order valence-corrected chi connectivity index (χ1v) is 7.50. The van der Waals surface area contributed by atoms with Crippen molar-refractivity contribution in [3.8, 4) is 0 Å². The van der Waals surface area contributed by atoms with Crippen molar-refractivity contribution in [3.05, 3.63) is 53.5 Å². The highest BCUT2D eigenvalue weighted by Crippen LogP contribution is 2.39. The molecule has 0 atom stereocenters. The first-order chi connectivity index (χ1) is 10.7. The van der Waals surface area contributed by atoms with Crippen LogP contribution in [0.3, 0.4) is 0 Å². The Morgan fingerprint density at radius 3 is 2.95 bits per heavy atom. The van der Waals surface area contributed by atoms with Gasteiger partial charge in [0, 0.05) is 24.0 Å². The largest absolute Gasteiger partial charge is 0.451 e. The molecule has 1 saturated carbocycles. The van der Waals surface area contributed by atoms with E-state index < -0.39 is 0 Å². The zero-order valence-electron chi connectivity index (χ0n) is 12.4. The third kappa shape index (κ3) is 2.39. The summed E-state index contributed by atoms with van der Waals surface area (Å²) in [7, 11) is 1.96. The maximum atomic E-state index is 12.2. The number of nitrogens with one attached hydrogen (secondary N) is 1. The molecule has 0 aliphatic heterocycles. The lowest BCUT2D eigenvalue weighted by molar-refractivity contribution is 0.0925. The molecule has 1 aromatic carbocycles. The Morgan fingerprint density at radius 2 is 2.18 bits per heavy atom. The number of aryl methyl sites for hydroxylation is 1. The molecule has 5 nitrogen and oxygen atoms in total. The molecule has 0 bridgehead atoms. The molecular formula is C17H17N3O2. The van der Waals surface area contributed by atoms with Crippen molar-refractivity contribution in [1.82, 2.24) is 15.1 Å². The summed E-state index contributed by atoms with van der Waals surface area (Å²) in [4.78, 5) is 12.2. The number of carbonyl (C=O) groups is 1. The van der Waals surface area contributed by atoms with E-state index in [2.05, 4.69) is 16.5 Å². The molecular weight excluding hydrogens is 278 g/mol.